The van der Waals surface area contributed by atoms with Gasteiger partial charge >= 0.3 is 37.4 Å². The summed E-state index contributed by atoms with van der Waals surface area (Å²) in [5.41, 5.74) is 0. The molecule has 0 bridgehead atoms. The van der Waals surface area contributed by atoms with Crippen molar-refractivity contribution in [2.24, 2.45) is 0 Å². The molecule has 0 heterocycles. The summed E-state index contributed by atoms with van der Waals surface area (Å²) in [4.78, 5) is 21.6. The Morgan fingerprint density at radius 2 is 0.667 bits per heavy atom. The van der Waals surface area contributed by atoms with E-state index in [1.165, 1.54) is 0 Å². The van der Waals surface area contributed by atoms with Gasteiger partial charge in [0.2, 0.25) is 0 Å². The summed E-state index contributed by atoms with van der Waals surface area (Å²) >= 11 is 0. The first-order chi connectivity index (χ1) is 2.00. The van der Waals surface area contributed by atoms with Crippen molar-refractivity contribution in [3.8, 4) is 0 Å². The van der Waals surface area contributed by atoms with E-state index in [2.05, 4.69) is 0 Å². The molecule has 12 heavy (non-hydrogen) atoms. The topological polar surface area (TPSA) is 77.8 Å². The third kappa shape index (κ3) is 222. The minimum absolute atomic E-state index is 0. The molecule has 3 N–H and O–H groups in total. The van der Waals surface area contributed by atoms with E-state index in [-0.39, 0.29) is 104 Å². The number of rotatable bonds is 0. The van der Waals surface area contributed by atoms with Crippen LogP contribution in [0.5, 0.6) is 0 Å². The van der Waals surface area contributed by atoms with Crippen molar-refractivity contribution >= 4 is 112 Å². The Hall–Kier alpha value is 2.85. The molecular weight excluding hydrogens is 331 g/mol. The Morgan fingerprint density at radius 3 is 0.667 bits per heavy atom. The van der Waals surface area contributed by atoms with Crippen LogP contribution in [0.4, 0.5) is 0 Å². The Morgan fingerprint density at radius 1 is 0.667 bits per heavy atom. The SMILES string of the molecule is Cl.Cl.Cl.Cl.Cl.Cl.O=P(O)(O)O.[NaH]. The van der Waals surface area contributed by atoms with Gasteiger partial charge in [0.25, 0.3) is 0 Å². The van der Waals surface area contributed by atoms with E-state index >= 15 is 0 Å². The van der Waals surface area contributed by atoms with Crippen molar-refractivity contribution in [2.75, 3.05) is 0 Å². The summed E-state index contributed by atoms with van der Waals surface area (Å²) in [6, 6.07) is 0. The summed E-state index contributed by atoms with van der Waals surface area (Å²) in [6.45, 7) is 0. The first kappa shape index (κ1) is 60.7. The molecule has 0 amide bonds. The van der Waals surface area contributed by atoms with Crippen molar-refractivity contribution in [2.45, 2.75) is 0 Å². The van der Waals surface area contributed by atoms with Gasteiger partial charge in [0.05, 0.1) is 0 Å². The van der Waals surface area contributed by atoms with Crippen LogP contribution in [-0.2, 0) is 4.57 Å². The summed E-state index contributed by atoms with van der Waals surface area (Å²) < 4.78 is 8.88. The average molecular weight is 341 g/mol. The van der Waals surface area contributed by atoms with Crippen LogP contribution in [0.2, 0.25) is 0 Å². The van der Waals surface area contributed by atoms with E-state index in [1.807, 2.05) is 0 Å². The van der Waals surface area contributed by atoms with Crippen LogP contribution in [-0.4, -0.2) is 44.2 Å². The van der Waals surface area contributed by atoms with E-state index < -0.39 is 7.82 Å². The fourth-order valence-electron chi connectivity index (χ4n) is 0. The van der Waals surface area contributed by atoms with Gasteiger partial charge in [0.1, 0.15) is 0 Å². The maximum atomic E-state index is 8.88. The molecule has 0 radical (unpaired) electrons. The molecule has 0 saturated heterocycles. The first-order valence-electron chi connectivity index (χ1n) is 0.783. The summed E-state index contributed by atoms with van der Waals surface area (Å²) in [5.74, 6) is 0. The van der Waals surface area contributed by atoms with Gasteiger partial charge in [-0.2, -0.15) is 0 Å². The summed E-state index contributed by atoms with van der Waals surface area (Å²) in [7, 11) is -4.64. The van der Waals surface area contributed by atoms with Crippen molar-refractivity contribution in [3.05, 3.63) is 0 Å². The van der Waals surface area contributed by atoms with Crippen molar-refractivity contribution < 1.29 is 19.2 Å². The predicted molar refractivity (Wildman–Crippen MR) is 64.9 cm³/mol. The van der Waals surface area contributed by atoms with Crippen molar-refractivity contribution in [3.63, 3.8) is 0 Å². The molecule has 4 nitrogen and oxygen atoms in total. The molecule has 0 aromatic carbocycles. The van der Waals surface area contributed by atoms with Crippen molar-refractivity contribution in [1.29, 1.82) is 0 Å². The Kier molecular flexibility index (Phi) is 148. The fourth-order valence-corrected chi connectivity index (χ4v) is 0. The molecule has 0 aliphatic rings. The quantitative estimate of drug-likeness (QED) is 0.453. The van der Waals surface area contributed by atoms with E-state index in [0.29, 0.717) is 0 Å². The second-order valence-electron chi connectivity index (χ2n) is 0.513. The third-order valence-electron chi connectivity index (χ3n) is 0. The number of hydrogen-bond donors (Lipinski definition) is 3. The number of halogens is 6. The van der Waals surface area contributed by atoms with E-state index in [4.69, 9.17) is 19.2 Å². The molecule has 0 rings (SSSR count). The number of hydrogen-bond acceptors (Lipinski definition) is 1. The van der Waals surface area contributed by atoms with Gasteiger partial charge in [-0.15, -0.1) is 74.4 Å². The fraction of sp³-hybridized carbons (Fsp3) is 0. The standard InChI is InChI=1S/6ClH.Na.H3O4P.H/c;;;;;;;1-5(2,3)4;/h6*1H;;(H3,1,2,3,4);. The third-order valence-corrected chi connectivity index (χ3v) is 0. The van der Waals surface area contributed by atoms with Gasteiger partial charge in [-0.25, -0.2) is 4.57 Å². The molecule has 0 aliphatic carbocycles. The molecule has 0 atom stereocenters. The van der Waals surface area contributed by atoms with Gasteiger partial charge in [0.15, 0.2) is 0 Å². The minimum atomic E-state index is -4.64. The molecule has 12 heteroatoms. The molecule has 82 valence electrons. The Labute approximate surface area is 130 Å². The first-order valence-corrected chi connectivity index (χ1v) is 2.35. The molecule has 0 fully saturated rings. The van der Waals surface area contributed by atoms with Gasteiger partial charge in [-0.3, -0.25) is 0 Å². The van der Waals surface area contributed by atoms with Gasteiger partial charge < -0.3 is 14.7 Å². The molecule has 0 aliphatic heterocycles. The Balaban J connectivity index is -0.00000000381. The van der Waals surface area contributed by atoms with Crippen LogP contribution in [0.1, 0.15) is 0 Å². The van der Waals surface area contributed by atoms with Crippen LogP contribution in [0.25, 0.3) is 0 Å². The van der Waals surface area contributed by atoms with Crippen molar-refractivity contribution in [1.82, 2.24) is 0 Å². The van der Waals surface area contributed by atoms with Crippen LogP contribution < -0.4 is 0 Å². The van der Waals surface area contributed by atoms with Crippen LogP contribution >= 0.6 is 82.3 Å². The van der Waals surface area contributed by atoms with Gasteiger partial charge in [0, 0.05) is 0 Å². The van der Waals surface area contributed by atoms with E-state index in [0.717, 1.165) is 0 Å². The predicted octanol–water partition coefficient (Wildman–Crippen LogP) is 0.954. The maximum absolute atomic E-state index is 8.88. The Bertz CT molecular complexity index is 65.7. The summed E-state index contributed by atoms with van der Waals surface area (Å²) in [5, 5.41) is 0. The normalized spacial score (nSPS) is 4.92. The van der Waals surface area contributed by atoms with Gasteiger partial charge in [-0.05, 0) is 0 Å². The zero-order chi connectivity index (χ0) is 4.50. The number of phosphoric acid groups is 1. The van der Waals surface area contributed by atoms with Crippen LogP contribution in [0.3, 0.4) is 0 Å². The second kappa shape index (κ2) is 29.2. The molecule has 0 unspecified atom stereocenters. The van der Waals surface area contributed by atoms with Crippen LogP contribution in [0, 0.1) is 0 Å². The van der Waals surface area contributed by atoms with E-state index in [1.54, 1.807) is 0 Å². The molecule has 0 spiro atoms. The van der Waals surface area contributed by atoms with Crippen LogP contribution in [0.15, 0.2) is 0 Å². The van der Waals surface area contributed by atoms with Gasteiger partial charge in [-0.1, -0.05) is 0 Å². The molecule has 0 aromatic rings. The average Bonchev–Trinajstić information content (AvgIpc) is 0.722. The molecular formula is H10Cl6NaO4P. The monoisotopic (exact) mass is 338 g/mol. The van der Waals surface area contributed by atoms with E-state index in [9.17, 15) is 0 Å². The zero-order valence-electron chi connectivity index (χ0n) is 4.65. The molecule has 0 saturated carbocycles. The zero-order valence-corrected chi connectivity index (χ0v) is 10.4. The molecule has 0 aromatic heterocycles. The second-order valence-corrected chi connectivity index (χ2v) is 1.54. The summed E-state index contributed by atoms with van der Waals surface area (Å²) in [6.07, 6.45) is 0.